The van der Waals surface area contributed by atoms with Gasteiger partial charge in [-0.15, -0.1) is 0 Å². The second-order valence-electron chi connectivity index (χ2n) is 5.52. The van der Waals surface area contributed by atoms with E-state index in [1.165, 1.54) is 0 Å². The van der Waals surface area contributed by atoms with Gasteiger partial charge in [-0.3, -0.25) is 9.78 Å². The lowest BCUT2D eigenvalue weighted by molar-refractivity contribution is -0.134. The highest BCUT2D eigenvalue weighted by atomic mass is 16.4. The van der Waals surface area contributed by atoms with Gasteiger partial charge in [0.25, 0.3) is 0 Å². The van der Waals surface area contributed by atoms with Crippen LogP contribution in [-0.2, 0) is 11.2 Å². The largest absolute Gasteiger partial charge is 0.480 e. The Morgan fingerprint density at radius 1 is 1.26 bits per heavy atom. The van der Waals surface area contributed by atoms with E-state index in [1.807, 2.05) is 24.3 Å². The molecule has 1 fully saturated rings. The molecule has 3 rings (SSSR count). The lowest BCUT2D eigenvalue weighted by atomic mass is 10.2. The summed E-state index contributed by atoms with van der Waals surface area (Å²) >= 11 is 0. The SMILES string of the molecule is O=C(O)CNc1nc(NCCc2ccccn2)cc(C2CC2)n1. The van der Waals surface area contributed by atoms with E-state index in [1.54, 1.807) is 6.20 Å². The van der Waals surface area contributed by atoms with Crippen LogP contribution in [0.3, 0.4) is 0 Å². The van der Waals surface area contributed by atoms with Gasteiger partial charge in [0.2, 0.25) is 5.95 Å². The molecule has 7 heteroatoms. The van der Waals surface area contributed by atoms with E-state index in [2.05, 4.69) is 25.6 Å². The summed E-state index contributed by atoms with van der Waals surface area (Å²) in [6.07, 6.45) is 4.83. The fraction of sp³-hybridized carbons (Fsp3) is 0.375. The van der Waals surface area contributed by atoms with E-state index in [9.17, 15) is 4.79 Å². The first-order valence-electron chi connectivity index (χ1n) is 7.69. The van der Waals surface area contributed by atoms with Gasteiger partial charge in [-0.05, 0) is 25.0 Å². The van der Waals surface area contributed by atoms with Gasteiger partial charge in [-0.25, -0.2) is 4.98 Å². The number of aliphatic carboxylic acids is 1. The standard InChI is InChI=1S/C16H19N5O2/c22-15(23)10-19-16-20-13(11-4-5-11)9-14(21-16)18-8-6-12-3-1-2-7-17-12/h1-3,7,9,11H,4-6,8,10H2,(H,22,23)(H2,18,19,20,21). The number of hydrogen-bond acceptors (Lipinski definition) is 6. The van der Waals surface area contributed by atoms with Crippen LogP contribution in [-0.4, -0.2) is 39.1 Å². The summed E-state index contributed by atoms with van der Waals surface area (Å²) in [5.74, 6) is 0.609. The summed E-state index contributed by atoms with van der Waals surface area (Å²) < 4.78 is 0. The Morgan fingerprint density at radius 3 is 2.83 bits per heavy atom. The third-order valence-corrected chi connectivity index (χ3v) is 3.55. The van der Waals surface area contributed by atoms with Crippen LogP contribution in [0, 0.1) is 0 Å². The number of hydrogen-bond donors (Lipinski definition) is 3. The smallest absolute Gasteiger partial charge is 0.322 e. The fourth-order valence-electron chi connectivity index (χ4n) is 2.24. The van der Waals surface area contributed by atoms with E-state index in [0.717, 1.165) is 30.7 Å². The zero-order valence-electron chi connectivity index (χ0n) is 12.7. The number of anilines is 2. The summed E-state index contributed by atoms with van der Waals surface area (Å²) in [6.45, 7) is 0.512. The van der Waals surface area contributed by atoms with Crippen LogP contribution >= 0.6 is 0 Å². The highest BCUT2D eigenvalue weighted by molar-refractivity contribution is 5.72. The summed E-state index contributed by atoms with van der Waals surface area (Å²) in [4.78, 5) is 23.7. The number of carboxylic acid groups (broad SMARTS) is 1. The van der Waals surface area contributed by atoms with Gasteiger partial charge in [-0.2, -0.15) is 4.98 Å². The average molecular weight is 313 g/mol. The van der Waals surface area contributed by atoms with Crippen LogP contribution < -0.4 is 10.6 Å². The van der Waals surface area contributed by atoms with Crippen molar-refractivity contribution >= 4 is 17.7 Å². The van der Waals surface area contributed by atoms with Crippen molar-refractivity contribution in [2.24, 2.45) is 0 Å². The van der Waals surface area contributed by atoms with Gasteiger partial charge in [0, 0.05) is 36.8 Å². The molecule has 0 atom stereocenters. The Kier molecular flexibility index (Phi) is 4.65. The molecule has 7 nitrogen and oxygen atoms in total. The molecule has 0 radical (unpaired) electrons. The molecule has 2 heterocycles. The summed E-state index contributed by atoms with van der Waals surface area (Å²) in [7, 11) is 0. The second-order valence-corrected chi connectivity index (χ2v) is 5.52. The average Bonchev–Trinajstić information content (AvgIpc) is 3.39. The molecule has 0 aliphatic heterocycles. The minimum Gasteiger partial charge on any atom is -0.480 e. The first kappa shape index (κ1) is 15.2. The van der Waals surface area contributed by atoms with Gasteiger partial charge in [-0.1, -0.05) is 6.07 Å². The Morgan fingerprint density at radius 2 is 2.13 bits per heavy atom. The van der Waals surface area contributed by atoms with Gasteiger partial charge in [0.15, 0.2) is 0 Å². The van der Waals surface area contributed by atoms with Crippen LogP contribution in [0.25, 0.3) is 0 Å². The zero-order valence-corrected chi connectivity index (χ0v) is 12.7. The fourth-order valence-corrected chi connectivity index (χ4v) is 2.24. The molecule has 120 valence electrons. The Balaban J connectivity index is 1.63. The van der Waals surface area contributed by atoms with Crippen molar-refractivity contribution in [3.8, 4) is 0 Å². The molecule has 0 unspecified atom stereocenters. The number of nitrogens with one attached hydrogen (secondary N) is 2. The predicted molar refractivity (Wildman–Crippen MR) is 86.6 cm³/mol. The molecule has 1 aliphatic carbocycles. The van der Waals surface area contributed by atoms with Crippen LogP contribution in [0.1, 0.15) is 30.1 Å². The molecule has 0 spiro atoms. The monoisotopic (exact) mass is 313 g/mol. The normalized spacial score (nSPS) is 13.6. The lowest BCUT2D eigenvalue weighted by Gasteiger charge is -2.10. The van der Waals surface area contributed by atoms with Gasteiger partial charge in [0.05, 0.1) is 5.69 Å². The Labute approximate surface area is 134 Å². The summed E-state index contributed by atoms with van der Waals surface area (Å²) in [5, 5.41) is 14.8. The van der Waals surface area contributed by atoms with E-state index in [-0.39, 0.29) is 6.54 Å². The number of nitrogens with zero attached hydrogens (tertiary/aromatic N) is 3. The second kappa shape index (κ2) is 7.04. The minimum absolute atomic E-state index is 0.193. The maximum atomic E-state index is 10.7. The number of carboxylic acids is 1. The quantitative estimate of drug-likeness (QED) is 0.684. The molecular formula is C16H19N5O2. The third-order valence-electron chi connectivity index (χ3n) is 3.55. The van der Waals surface area contributed by atoms with Crippen LogP contribution in [0.15, 0.2) is 30.5 Å². The Hall–Kier alpha value is -2.70. The first-order chi connectivity index (χ1) is 11.2. The van der Waals surface area contributed by atoms with Crippen LogP contribution in [0.4, 0.5) is 11.8 Å². The van der Waals surface area contributed by atoms with Gasteiger partial charge in [0.1, 0.15) is 12.4 Å². The predicted octanol–water partition coefficient (Wildman–Crippen LogP) is 1.90. The molecule has 0 aromatic carbocycles. The molecule has 3 N–H and O–H groups in total. The summed E-state index contributed by atoms with van der Waals surface area (Å²) in [6, 6.07) is 7.79. The van der Waals surface area contributed by atoms with Crippen LogP contribution in [0.2, 0.25) is 0 Å². The summed E-state index contributed by atoms with van der Waals surface area (Å²) in [5.41, 5.74) is 1.98. The molecule has 0 bridgehead atoms. The lowest BCUT2D eigenvalue weighted by Crippen LogP contribution is -2.16. The molecule has 0 amide bonds. The van der Waals surface area contributed by atoms with E-state index in [0.29, 0.717) is 24.2 Å². The zero-order chi connectivity index (χ0) is 16.1. The first-order valence-corrected chi connectivity index (χ1v) is 7.69. The maximum absolute atomic E-state index is 10.7. The van der Waals surface area contributed by atoms with Crippen molar-refractivity contribution in [2.45, 2.75) is 25.2 Å². The third kappa shape index (κ3) is 4.64. The van der Waals surface area contributed by atoms with E-state index in [4.69, 9.17) is 5.11 Å². The molecular weight excluding hydrogens is 294 g/mol. The van der Waals surface area contributed by atoms with Crippen molar-refractivity contribution in [3.05, 3.63) is 41.9 Å². The highest BCUT2D eigenvalue weighted by Crippen LogP contribution is 2.39. The van der Waals surface area contributed by atoms with Crippen molar-refractivity contribution < 1.29 is 9.90 Å². The molecule has 2 aromatic heterocycles. The van der Waals surface area contributed by atoms with Gasteiger partial charge < -0.3 is 15.7 Å². The number of aromatic nitrogens is 3. The van der Waals surface area contributed by atoms with Crippen molar-refractivity contribution in [1.82, 2.24) is 15.0 Å². The number of pyridine rings is 1. The van der Waals surface area contributed by atoms with Crippen molar-refractivity contribution in [1.29, 1.82) is 0 Å². The topological polar surface area (TPSA) is 100 Å². The van der Waals surface area contributed by atoms with Gasteiger partial charge >= 0.3 is 5.97 Å². The minimum atomic E-state index is -0.935. The number of rotatable bonds is 8. The Bertz CT molecular complexity index is 673. The molecule has 2 aromatic rings. The van der Waals surface area contributed by atoms with E-state index >= 15 is 0 Å². The molecule has 23 heavy (non-hydrogen) atoms. The van der Waals surface area contributed by atoms with Crippen molar-refractivity contribution in [3.63, 3.8) is 0 Å². The van der Waals surface area contributed by atoms with Crippen molar-refractivity contribution in [2.75, 3.05) is 23.7 Å². The van der Waals surface area contributed by atoms with Crippen LogP contribution in [0.5, 0.6) is 0 Å². The molecule has 0 saturated heterocycles. The maximum Gasteiger partial charge on any atom is 0.322 e. The molecule has 1 aliphatic rings. The molecule has 1 saturated carbocycles. The van der Waals surface area contributed by atoms with E-state index < -0.39 is 5.97 Å². The highest BCUT2D eigenvalue weighted by Gasteiger charge is 2.26. The number of carbonyl (C=O) groups is 1.